The molecule has 2 aromatic heterocycles. The zero-order valence-electron chi connectivity index (χ0n) is 22.6. The average molecular weight is 568 g/mol. The number of hydrogen-bond donors (Lipinski definition) is 4. The molecular formula is C27H36F3N5O3S. The number of amides is 1. The number of rotatable bonds is 7. The van der Waals surface area contributed by atoms with Crippen LogP contribution < -0.4 is 14.9 Å². The fraction of sp³-hybridized carbons (Fsp3) is 0.556. The van der Waals surface area contributed by atoms with Gasteiger partial charge >= 0.3 is 6.18 Å². The molecule has 1 saturated heterocycles. The molecule has 39 heavy (non-hydrogen) atoms. The third-order valence-corrected chi connectivity index (χ3v) is 9.15. The molecule has 2 atom stereocenters. The molecule has 2 aliphatic rings. The van der Waals surface area contributed by atoms with Gasteiger partial charge < -0.3 is 20.4 Å². The van der Waals surface area contributed by atoms with Crippen molar-refractivity contribution in [2.24, 2.45) is 5.41 Å². The molecule has 3 heterocycles. The van der Waals surface area contributed by atoms with Crippen LogP contribution in [0.1, 0.15) is 69.4 Å². The molecular weight excluding hydrogens is 531 g/mol. The quantitative estimate of drug-likeness (QED) is 0.362. The second-order valence-electron chi connectivity index (χ2n) is 11.3. The molecule has 4 rings (SSSR count). The Hall–Kier alpha value is -2.54. The summed E-state index contributed by atoms with van der Waals surface area (Å²) < 4.78 is 44.6. The normalized spacial score (nSPS) is 19.6. The number of nitrogens with one attached hydrogen (secondary N) is 2. The van der Waals surface area contributed by atoms with Gasteiger partial charge in [0.05, 0.1) is 17.9 Å². The molecule has 2 aromatic rings. The predicted octanol–water partition coefficient (Wildman–Crippen LogP) is 4.60. The Balaban J connectivity index is 1.66. The lowest BCUT2D eigenvalue weighted by Crippen LogP contribution is -2.46. The van der Waals surface area contributed by atoms with Gasteiger partial charge in [-0.3, -0.25) is 9.52 Å². The van der Waals surface area contributed by atoms with Gasteiger partial charge in [0, 0.05) is 18.6 Å². The summed E-state index contributed by atoms with van der Waals surface area (Å²) in [6.45, 7) is 7.53. The van der Waals surface area contributed by atoms with E-state index in [2.05, 4.69) is 20.0 Å². The second-order valence-corrected chi connectivity index (χ2v) is 13.1. The van der Waals surface area contributed by atoms with Gasteiger partial charge in [-0.05, 0) is 88.4 Å². The lowest BCUT2D eigenvalue weighted by atomic mass is 9.93. The van der Waals surface area contributed by atoms with Crippen molar-refractivity contribution in [2.45, 2.75) is 75.7 Å². The first-order valence-corrected chi connectivity index (χ1v) is 14.2. The van der Waals surface area contributed by atoms with Crippen LogP contribution in [0.5, 0.6) is 0 Å². The van der Waals surface area contributed by atoms with Crippen LogP contribution in [-0.4, -0.2) is 62.9 Å². The number of piperidine rings is 1. The zero-order valence-corrected chi connectivity index (χ0v) is 23.4. The molecule has 0 bridgehead atoms. The highest BCUT2D eigenvalue weighted by molar-refractivity contribution is 8.13. The van der Waals surface area contributed by atoms with Crippen LogP contribution in [0.15, 0.2) is 35.4 Å². The van der Waals surface area contributed by atoms with Crippen LogP contribution in [-0.2, 0) is 5.60 Å². The van der Waals surface area contributed by atoms with E-state index in [0.29, 0.717) is 18.9 Å². The summed E-state index contributed by atoms with van der Waals surface area (Å²) in [7, 11) is -0.482. The molecule has 0 radical (unpaired) electrons. The molecule has 1 aliphatic heterocycles. The van der Waals surface area contributed by atoms with Crippen LogP contribution >= 0.6 is 10.7 Å². The number of hydrogen-bond acceptors (Lipinski definition) is 7. The monoisotopic (exact) mass is 567 g/mol. The van der Waals surface area contributed by atoms with E-state index >= 15 is 0 Å². The minimum atomic E-state index is -5.16. The van der Waals surface area contributed by atoms with Crippen molar-refractivity contribution in [3.63, 3.8) is 0 Å². The maximum Gasteiger partial charge on any atom is 0.425 e. The molecule has 214 valence electrons. The average Bonchev–Trinajstić information content (AvgIpc) is 3.64. The molecule has 4 N–H and O–H groups in total. The van der Waals surface area contributed by atoms with Crippen molar-refractivity contribution in [1.29, 1.82) is 0 Å². The summed E-state index contributed by atoms with van der Waals surface area (Å²) in [5.74, 6) is -0.242. The highest BCUT2D eigenvalue weighted by Crippen LogP contribution is 2.54. The van der Waals surface area contributed by atoms with Gasteiger partial charge in [-0.15, -0.1) is 0 Å². The lowest BCUT2D eigenvalue weighted by Gasteiger charge is -2.35. The Morgan fingerprint density at radius 3 is 2.31 bits per heavy atom. The van der Waals surface area contributed by atoms with Crippen LogP contribution in [0.2, 0.25) is 0 Å². The first-order chi connectivity index (χ1) is 18.2. The first-order valence-electron chi connectivity index (χ1n) is 13.0. The minimum Gasteiger partial charge on any atom is -0.393 e. The van der Waals surface area contributed by atoms with E-state index in [9.17, 15) is 28.2 Å². The summed E-state index contributed by atoms with van der Waals surface area (Å²) in [6, 6.07) is 7.43. The number of aliphatic hydroxyl groups is 2. The van der Waals surface area contributed by atoms with Gasteiger partial charge in [-0.1, -0.05) is 16.7 Å². The number of carbonyl (C=O) groups is 1. The van der Waals surface area contributed by atoms with E-state index in [1.807, 2.05) is 39.1 Å². The van der Waals surface area contributed by atoms with Crippen LogP contribution in [0.4, 0.5) is 24.8 Å². The van der Waals surface area contributed by atoms with Crippen molar-refractivity contribution >= 4 is 33.6 Å². The summed E-state index contributed by atoms with van der Waals surface area (Å²) in [5, 5.41) is 25.3. The minimum absolute atomic E-state index is 0.0452. The van der Waals surface area contributed by atoms with E-state index in [1.165, 1.54) is 6.07 Å². The van der Waals surface area contributed by atoms with E-state index in [-0.39, 0.29) is 22.3 Å². The zero-order chi connectivity index (χ0) is 28.6. The lowest BCUT2D eigenvalue weighted by molar-refractivity contribution is -0.279. The first kappa shape index (κ1) is 29.4. The standard InChI is InChI=1S/C27H36F3N5O3S/c1-5-39(34-24(2,3)4)21-8-6-7-20(32-21)33-23(37)18-9-10-19(26(38,17-36)27(28,29)30)31-22(18)35-15-13-25(11-12-25)14-16-35/h5-10,34,36,38H,11-17H2,1-4H3,(H,32,33,37)/t26-,39?/m0/s1. The number of anilines is 2. The summed E-state index contributed by atoms with van der Waals surface area (Å²) in [4.78, 5) is 24.0. The van der Waals surface area contributed by atoms with Gasteiger partial charge in [0.15, 0.2) is 0 Å². The molecule has 12 heteroatoms. The number of nitrogens with zero attached hydrogens (tertiary/aromatic N) is 3. The van der Waals surface area contributed by atoms with Crippen molar-refractivity contribution < 1.29 is 28.2 Å². The van der Waals surface area contributed by atoms with E-state index in [4.69, 9.17) is 0 Å². The van der Waals surface area contributed by atoms with E-state index < -0.39 is 40.7 Å². The summed E-state index contributed by atoms with van der Waals surface area (Å²) in [6.07, 6.45) is -1.20. The van der Waals surface area contributed by atoms with Gasteiger partial charge in [0.2, 0.25) is 5.60 Å². The van der Waals surface area contributed by atoms with Crippen LogP contribution in [0.3, 0.4) is 0 Å². The third kappa shape index (κ3) is 6.45. The Morgan fingerprint density at radius 2 is 1.77 bits per heavy atom. The highest BCUT2D eigenvalue weighted by Gasteiger charge is 2.56. The smallest absolute Gasteiger partial charge is 0.393 e. The molecule has 8 nitrogen and oxygen atoms in total. The maximum absolute atomic E-state index is 13.7. The number of aromatic nitrogens is 2. The Labute approximate surface area is 229 Å². The predicted molar refractivity (Wildman–Crippen MR) is 147 cm³/mol. The van der Waals surface area contributed by atoms with Gasteiger partial charge in [-0.25, -0.2) is 9.97 Å². The van der Waals surface area contributed by atoms with E-state index in [0.717, 1.165) is 36.8 Å². The van der Waals surface area contributed by atoms with Crippen molar-refractivity contribution in [3.05, 3.63) is 41.6 Å². The fourth-order valence-corrected chi connectivity index (χ4v) is 6.18. The molecule has 1 saturated carbocycles. The van der Waals surface area contributed by atoms with Crippen molar-refractivity contribution in [3.8, 4) is 0 Å². The summed E-state index contributed by atoms with van der Waals surface area (Å²) in [5.41, 5.74) is -4.12. The van der Waals surface area contributed by atoms with E-state index in [1.54, 1.807) is 17.0 Å². The maximum atomic E-state index is 13.7. The third-order valence-electron chi connectivity index (χ3n) is 7.16. The van der Waals surface area contributed by atoms with Crippen LogP contribution in [0, 0.1) is 5.41 Å². The number of halogens is 3. The molecule has 2 fully saturated rings. The topological polar surface area (TPSA) is 111 Å². The molecule has 1 spiro atoms. The Kier molecular flexibility index (Phi) is 8.15. The van der Waals surface area contributed by atoms with Gasteiger partial charge in [0.25, 0.3) is 5.91 Å². The molecule has 1 unspecified atom stereocenters. The van der Waals surface area contributed by atoms with Crippen molar-refractivity contribution in [1.82, 2.24) is 14.7 Å². The Bertz CT molecular complexity index is 1250. The number of carbonyl (C=O) groups excluding carboxylic acids is 1. The fourth-order valence-electron chi connectivity index (χ4n) is 4.63. The number of alkyl halides is 3. The van der Waals surface area contributed by atoms with Gasteiger partial charge in [-0.2, -0.15) is 13.2 Å². The largest absolute Gasteiger partial charge is 0.425 e. The number of aliphatic hydroxyl groups excluding tert-OH is 1. The Morgan fingerprint density at radius 1 is 1.10 bits per heavy atom. The molecule has 1 amide bonds. The van der Waals surface area contributed by atoms with Crippen molar-refractivity contribution in [2.75, 3.05) is 29.9 Å². The molecule has 0 aromatic carbocycles. The second kappa shape index (κ2) is 10.8. The van der Waals surface area contributed by atoms with Crippen LogP contribution in [0.25, 0.3) is 0 Å². The van der Waals surface area contributed by atoms with Gasteiger partial charge in [0.1, 0.15) is 16.7 Å². The SMILES string of the molecule is C/C=S(/NC(C)(C)C)c1cccc(NC(=O)c2ccc([C@@](O)(CO)C(F)(F)F)nc2N2CCC3(CC2)CC3)n1. The summed E-state index contributed by atoms with van der Waals surface area (Å²) >= 11 is 0. The highest BCUT2D eigenvalue weighted by atomic mass is 32.2. The molecule has 1 aliphatic carbocycles. The number of pyridine rings is 2.